The first-order valence-corrected chi connectivity index (χ1v) is 42.6. The summed E-state index contributed by atoms with van der Waals surface area (Å²) in [5.74, 6) is 1.84. The third-order valence-electron chi connectivity index (χ3n) is 25.2. The van der Waals surface area contributed by atoms with Crippen LogP contribution < -0.4 is 0 Å². The number of fused-ring (bicyclic) bond motifs is 25. The first-order chi connectivity index (χ1) is 62.1. The highest BCUT2D eigenvalue weighted by molar-refractivity contribution is 6.36. The molecule has 8 aromatic heterocycles. The smallest absolute Gasteiger partial charge is 0.238 e. The lowest BCUT2D eigenvalue weighted by atomic mass is 9.98. The van der Waals surface area contributed by atoms with E-state index in [1.54, 1.807) is 0 Å². The Bertz CT molecular complexity index is 8230. The summed E-state index contributed by atoms with van der Waals surface area (Å²) in [5, 5.41) is 19.8. The second-order valence-corrected chi connectivity index (χ2v) is 32.1. The van der Waals surface area contributed by atoms with E-state index in [1.807, 2.05) is 36.4 Å². The van der Waals surface area contributed by atoms with E-state index in [0.29, 0.717) is 17.6 Å². The lowest BCUT2D eigenvalue weighted by Crippen LogP contribution is -2.07. The quantitative estimate of drug-likeness (QED) is 0.145. The minimum Gasteiger partial charge on any atom is -0.309 e. The Labute approximate surface area is 717 Å². The molecule has 0 saturated heterocycles. The summed E-state index contributed by atoms with van der Waals surface area (Å²) >= 11 is 0. The fourth-order valence-electron chi connectivity index (χ4n) is 20.1. The fraction of sp³-hybridized carbons (Fsp3) is 0. The van der Waals surface area contributed by atoms with Gasteiger partial charge >= 0.3 is 0 Å². The minimum absolute atomic E-state index is 0.579. The van der Waals surface area contributed by atoms with Crippen molar-refractivity contribution in [2.24, 2.45) is 0 Å². The molecule has 27 rings (SSSR count). The van der Waals surface area contributed by atoms with E-state index in [4.69, 9.17) is 15.0 Å². The molecule has 0 aliphatic rings. The summed E-state index contributed by atoms with van der Waals surface area (Å²) in [6.07, 6.45) is 0. The molecule has 0 N–H and O–H groups in total. The predicted molar refractivity (Wildman–Crippen MR) is 521 cm³/mol. The Kier molecular flexibility index (Phi) is 16.4. The first-order valence-electron chi connectivity index (χ1n) is 42.6. The average molecular weight is 1600 g/mol. The molecule has 10 nitrogen and oxygen atoms in total. The van der Waals surface area contributed by atoms with Crippen LogP contribution in [0, 0.1) is 0 Å². The van der Waals surface area contributed by atoms with Gasteiger partial charge in [0.05, 0.1) is 94.3 Å². The summed E-state index contributed by atoms with van der Waals surface area (Å²) in [4.78, 5) is 15.5. The molecule has 0 atom stereocenters. The van der Waals surface area contributed by atoms with E-state index in [-0.39, 0.29) is 0 Å². The third kappa shape index (κ3) is 11.3. The van der Waals surface area contributed by atoms with Crippen molar-refractivity contribution in [1.82, 2.24) is 46.9 Å². The van der Waals surface area contributed by atoms with E-state index in [9.17, 15) is 0 Å². The van der Waals surface area contributed by atoms with Crippen LogP contribution in [-0.2, 0) is 0 Å². The van der Waals surface area contributed by atoms with Crippen LogP contribution in [0.25, 0.3) is 226 Å². The van der Waals surface area contributed by atoms with Crippen molar-refractivity contribution < 1.29 is 0 Å². The zero-order chi connectivity index (χ0) is 82.2. The second-order valence-electron chi connectivity index (χ2n) is 32.1. The summed E-state index contributed by atoms with van der Waals surface area (Å²) in [6.45, 7) is 0. The number of rotatable bonds is 9. The molecule has 0 aliphatic carbocycles. The number of aromatic nitrogens is 10. The molecular weight excluding hydrogens is 1520 g/mol. The van der Waals surface area contributed by atoms with Crippen LogP contribution in [0.1, 0.15) is 0 Å². The number of nitrogens with zero attached hydrogens (tertiary/aromatic N) is 10. The molecule has 0 fully saturated rings. The van der Waals surface area contributed by atoms with Crippen molar-refractivity contribution in [1.29, 1.82) is 0 Å². The van der Waals surface area contributed by atoms with Gasteiger partial charge in [-0.25, -0.2) is 4.98 Å². The summed E-state index contributed by atoms with van der Waals surface area (Å²) < 4.78 is 16.7. The molecule has 0 aliphatic heterocycles. The van der Waals surface area contributed by atoms with E-state index >= 15 is 0 Å². The molecule has 27 aromatic rings. The molecule has 0 bridgehead atoms. The van der Waals surface area contributed by atoms with Gasteiger partial charge in [-0.1, -0.05) is 328 Å². The van der Waals surface area contributed by atoms with Crippen molar-refractivity contribution in [3.05, 3.63) is 449 Å². The van der Waals surface area contributed by atoms with E-state index in [1.165, 1.54) is 147 Å². The zero-order valence-electron chi connectivity index (χ0n) is 67.7. The topological polar surface area (TPSA) is 73.2 Å². The SMILES string of the molecule is c1cc(-n2c3ccccc3c3ccccc32)cc(-n2c3ccccc3c3ccccc32)c1.c1ccc(-c2nc(-c3ccccc3)nc(-n3c4ccccc4c4c5ccccc5c5c6ccccc6n(-c6ccccc6)c5c43)n2)cc1.c1ccc2c(c1)c1ccccc1n2-c1cc(-n2c3ccccc3c3ccccc32)cc(-n2c3ccccc3c3ccccc32)c1. The van der Waals surface area contributed by atoms with E-state index in [0.717, 1.165) is 61.3 Å². The fourth-order valence-corrected chi connectivity index (χ4v) is 20.1. The zero-order valence-corrected chi connectivity index (χ0v) is 67.7. The summed E-state index contributed by atoms with van der Waals surface area (Å²) in [7, 11) is 0. The molecule has 8 heterocycles. The first kappa shape index (κ1) is 71.0. The Hall–Kier alpha value is -17.0. The molecular formula is C115H74N10. The summed E-state index contributed by atoms with van der Waals surface area (Å²) in [5.41, 5.74) is 25.2. The largest absolute Gasteiger partial charge is 0.309 e. The lowest BCUT2D eigenvalue weighted by molar-refractivity contribution is 0.953. The average Bonchev–Trinajstić information content (AvgIpc) is 1.52. The number of hydrogen-bond donors (Lipinski definition) is 0. The van der Waals surface area contributed by atoms with Gasteiger partial charge in [-0.15, -0.1) is 0 Å². The minimum atomic E-state index is 0.579. The van der Waals surface area contributed by atoms with Crippen LogP contribution in [0.3, 0.4) is 0 Å². The maximum absolute atomic E-state index is 5.25. The van der Waals surface area contributed by atoms with Crippen molar-refractivity contribution in [2.75, 3.05) is 0 Å². The molecule has 19 aromatic carbocycles. The van der Waals surface area contributed by atoms with Crippen LogP contribution in [-0.4, -0.2) is 46.9 Å². The van der Waals surface area contributed by atoms with Crippen molar-refractivity contribution in [3.63, 3.8) is 0 Å². The third-order valence-corrected chi connectivity index (χ3v) is 25.2. The molecule has 0 spiro atoms. The maximum atomic E-state index is 5.25. The Morgan fingerprint density at radius 2 is 0.336 bits per heavy atom. The van der Waals surface area contributed by atoms with Crippen molar-refractivity contribution >= 4 is 163 Å². The molecule has 0 amide bonds. The van der Waals surface area contributed by atoms with Gasteiger partial charge < -0.3 is 27.4 Å². The van der Waals surface area contributed by atoms with E-state index in [2.05, 4.69) is 444 Å². The van der Waals surface area contributed by atoms with Gasteiger partial charge in [-0.3, -0.25) is 4.57 Å². The molecule has 0 radical (unpaired) electrons. The second kappa shape index (κ2) is 28.9. The highest BCUT2D eigenvalue weighted by Crippen LogP contribution is 2.48. The van der Waals surface area contributed by atoms with Crippen LogP contribution in [0.5, 0.6) is 0 Å². The molecule has 584 valence electrons. The van der Waals surface area contributed by atoms with Gasteiger partial charge in [0.2, 0.25) is 5.95 Å². The highest BCUT2D eigenvalue weighted by atomic mass is 15.2. The lowest BCUT2D eigenvalue weighted by Gasteiger charge is -2.17. The van der Waals surface area contributed by atoms with Gasteiger partial charge in [-0.2, -0.15) is 9.97 Å². The van der Waals surface area contributed by atoms with E-state index < -0.39 is 0 Å². The van der Waals surface area contributed by atoms with Crippen molar-refractivity contribution in [3.8, 4) is 62.8 Å². The number of hydrogen-bond acceptors (Lipinski definition) is 3. The Morgan fingerprint density at radius 1 is 0.136 bits per heavy atom. The Morgan fingerprint density at radius 3 is 0.624 bits per heavy atom. The molecule has 0 saturated carbocycles. The normalized spacial score (nSPS) is 11.8. The van der Waals surface area contributed by atoms with Crippen LogP contribution in [0.2, 0.25) is 0 Å². The predicted octanol–water partition coefficient (Wildman–Crippen LogP) is 29.4. The van der Waals surface area contributed by atoms with Crippen LogP contribution in [0.4, 0.5) is 0 Å². The van der Waals surface area contributed by atoms with Crippen LogP contribution >= 0.6 is 0 Å². The van der Waals surface area contributed by atoms with Crippen LogP contribution in [0.15, 0.2) is 449 Å². The van der Waals surface area contributed by atoms with Gasteiger partial charge in [-0.05, 0) is 132 Å². The van der Waals surface area contributed by atoms with Gasteiger partial charge in [0, 0.05) is 104 Å². The highest BCUT2D eigenvalue weighted by Gasteiger charge is 2.28. The molecule has 125 heavy (non-hydrogen) atoms. The Balaban J connectivity index is 0.000000105. The van der Waals surface area contributed by atoms with Gasteiger partial charge in [0.1, 0.15) is 0 Å². The summed E-state index contributed by atoms with van der Waals surface area (Å²) in [6, 6.07) is 160. The van der Waals surface area contributed by atoms with Gasteiger partial charge in [0.15, 0.2) is 11.6 Å². The monoisotopic (exact) mass is 1590 g/mol. The maximum Gasteiger partial charge on any atom is 0.238 e. The standard InChI is InChI=1S/C43H27N5.C42H27N3.C30H20N2/c1-4-16-28(17-5-1)41-44-42(29-18-6-2-7-19-29)46-43(45-41)48-36-27-15-13-25-34(36)38-32-23-11-10-22-31(32)37-33-24-12-14-26-35(33)47(39(37)40(38)48)30-20-8-3-9-21-30;1-7-19-37-31(13-1)32-14-2-8-20-38(32)43(37)28-25-29(44-39-21-9-3-15-33(39)34-16-4-10-22-40(34)44)27-30(26-28)45-41-23-11-5-17-35(41)36-18-6-12-24-42(36)45;1-5-16-27-23(12-1)24-13-2-6-17-28(24)31(27)21-10-9-11-22(20-21)32-29-18-7-3-14-25(29)26-15-4-8-19-30(26)32/h1-27H;1-27H;1-20H. The van der Waals surface area contributed by atoms with Gasteiger partial charge in [0.25, 0.3) is 0 Å². The number of benzene rings is 19. The number of para-hydroxylation sites is 13. The molecule has 10 heteroatoms. The van der Waals surface area contributed by atoms with Crippen molar-refractivity contribution in [2.45, 2.75) is 0 Å². The molecule has 0 unspecified atom stereocenters.